The smallest absolute Gasteiger partial charge is 0.0453 e. The predicted molar refractivity (Wildman–Crippen MR) is 64.0 cm³/mol. The van der Waals surface area contributed by atoms with Gasteiger partial charge in [-0.1, -0.05) is 29.8 Å². The van der Waals surface area contributed by atoms with Crippen LogP contribution in [0.4, 0.5) is 0 Å². The molecule has 3 N–H and O–H groups in total. The topological polar surface area (TPSA) is 38.0 Å². The summed E-state index contributed by atoms with van der Waals surface area (Å²) in [6.45, 7) is 2.14. The molecule has 1 saturated carbocycles. The van der Waals surface area contributed by atoms with Crippen LogP contribution in [-0.2, 0) is 0 Å². The minimum absolute atomic E-state index is 0.302. The number of benzene rings is 1. The van der Waals surface area contributed by atoms with Gasteiger partial charge in [-0.25, -0.2) is 0 Å². The highest BCUT2D eigenvalue weighted by atomic mass is 35.5. The molecule has 0 heterocycles. The van der Waals surface area contributed by atoms with Gasteiger partial charge in [-0.15, -0.1) is 0 Å². The summed E-state index contributed by atoms with van der Waals surface area (Å²) in [5, 5.41) is 4.37. The van der Waals surface area contributed by atoms with Crippen molar-refractivity contribution in [2.75, 3.05) is 0 Å². The highest BCUT2D eigenvalue weighted by Gasteiger charge is 2.27. The normalized spacial score (nSPS) is 27.1. The van der Waals surface area contributed by atoms with Gasteiger partial charge in [-0.3, -0.25) is 0 Å². The van der Waals surface area contributed by atoms with E-state index in [0.717, 1.165) is 17.9 Å². The second-order valence-corrected chi connectivity index (χ2v) is 4.75. The third-order valence-electron chi connectivity index (χ3n) is 3.03. The molecule has 1 aliphatic rings. The van der Waals surface area contributed by atoms with Gasteiger partial charge in [0.1, 0.15) is 0 Å². The first-order valence-corrected chi connectivity index (χ1v) is 5.80. The molecule has 1 fully saturated rings. The third-order valence-corrected chi connectivity index (χ3v) is 3.38. The molecule has 0 unspecified atom stereocenters. The molecule has 1 aromatic rings. The lowest BCUT2D eigenvalue weighted by atomic mass is 9.87. The monoisotopic (exact) mass is 224 g/mol. The molecular weight excluding hydrogens is 208 g/mol. The average Bonchev–Trinajstić information content (AvgIpc) is 2.16. The van der Waals surface area contributed by atoms with Gasteiger partial charge in [0, 0.05) is 23.1 Å². The van der Waals surface area contributed by atoms with Crippen LogP contribution in [0.15, 0.2) is 24.3 Å². The lowest BCUT2D eigenvalue weighted by molar-refractivity contribution is 0.272. The Labute approximate surface area is 95.8 Å². The van der Waals surface area contributed by atoms with Crippen molar-refractivity contribution in [2.24, 2.45) is 5.73 Å². The Morgan fingerprint density at radius 2 is 2.07 bits per heavy atom. The molecule has 2 nitrogen and oxygen atoms in total. The molecule has 0 aliphatic heterocycles. The van der Waals surface area contributed by atoms with Crippen LogP contribution in [0.25, 0.3) is 0 Å². The number of rotatable bonds is 3. The Bertz CT molecular complexity index is 334. The van der Waals surface area contributed by atoms with Gasteiger partial charge in [-0.05, 0) is 31.4 Å². The molecule has 0 bridgehead atoms. The Balaban J connectivity index is 1.96. The molecule has 2 rings (SSSR count). The van der Waals surface area contributed by atoms with Gasteiger partial charge in [0.15, 0.2) is 0 Å². The van der Waals surface area contributed by atoms with Crippen LogP contribution >= 0.6 is 11.6 Å². The second kappa shape index (κ2) is 4.52. The van der Waals surface area contributed by atoms with Gasteiger partial charge >= 0.3 is 0 Å². The maximum absolute atomic E-state index is 6.13. The van der Waals surface area contributed by atoms with Gasteiger partial charge < -0.3 is 11.1 Å². The minimum atomic E-state index is 0.302. The van der Waals surface area contributed by atoms with E-state index in [9.17, 15) is 0 Å². The van der Waals surface area contributed by atoms with Gasteiger partial charge in [0.25, 0.3) is 0 Å². The summed E-state index contributed by atoms with van der Waals surface area (Å²) in [6.07, 6.45) is 2.16. The second-order valence-electron chi connectivity index (χ2n) is 4.34. The molecule has 0 amide bonds. The number of hydrogen-bond acceptors (Lipinski definition) is 2. The molecule has 15 heavy (non-hydrogen) atoms. The Hall–Kier alpha value is -0.570. The number of halogens is 1. The fourth-order valence-electron chi connectivity index (χ4n) is 2.07. The van der Waals surface area contributed by atoms with Crippen LogP contribution in [0.2, 0.25) is 5.02 Å². The molecule has 82 valence electrons. The van der Waals surface area contributed by atoms with Crippen molar-refractivity contribution >= 4 is 11.6 Å². The van der Waals surface area contributed by atoms with Crippen molar-refractivity contribution in [2.45, 2.75) is 37.9 Å². The zero-order valence-electron chi connectivity index (χ0n) is 8.91. The standard InChI is InChI=1S/C12H17ClN2/c1-8(15-10-6-9(14)7-10)11-4-2-3-5-12(11)13/h2-5,8-10,15H,6-7,14H2,1H3/t8-,9?,10?/m0/s1. The molecule has 0 aromatic heterocycles. The van der Waals surface area contributed by atoms with Crippen LogP contribution in [0, 0.1) is 0 Å². The van der Waals surface area contributed by atoms with Crippen molar-refractivity contribution in [1.82, 2.24) is 5.32 Å². The van der Waals surface area contributed by atoms with Crippen LogP contribution in [-0.4, -0.2) is 12.1 Å². The Kier molecular flexibility index (Phi) is 3.29. The maximum atomic E-state index is 6.13. The van der Waals surface area contributed by atoms with Crippen molar-refractivity contribution in [3.8, 4) is 0 Å². The summed E-state index contributed by atoms with van der Waals surface area (Å²) in [5.41, 5.74) is 6.91. The fraction of sp³-hybridized carbons (Fsp3) is 0.500. The van der Waals surface area contributed by atoms with E-state index in [4.69, 9.17) is 17.3 Å². The van der Waals surface area contributed by atoms with E-state index in [1.165, 1.54) is 5.56 Å². The minimum Gasteiger partial charge on any atom is -0.328 e. The molecule has 3 heteroatoms. The van der Waals surface area contributed by atoms with E-state index in [0.29, 0.717) is 18.1 Å². The quantitative estimate of drug-likeness (QED) is 0.828. The molecule has 1 atom stereocenters. The zero-order valence-corrected chi connectivity index (χ0v) is 9.67. The van der Waals surface area contributed by atoms with E-state index in [2.05, 4.69) is 18.3 Å². The first-order valence-electron chi connectivity index (χ1n) is 5.43. The van der Waals surface area contributed by atoms with Crippen LogP contribution in [0.5, 0.6) is 0 Å². The summed E-state index contributed by atoms with van der Waals surface area (Å²) in [5.74, 6) is 0. The lowest BCUT2D eigenvalue weighted by Gasteiger charge is -2.35. The summed E-state index contributed by atoms with van der Waals surface area (Å²) in [4.78, 5) is 0. The Morgan fingerprint density at radius 3 is 2.67 bits per heavy atom. The van der Waals surface area contributed by atoms with Crippen LogP contribution < -0.4 is 11.1 Å². The molecule has 0 radical (unpaired) electrons. The number of hydrogen-bond donors (Lipinski definition) is 2. The lowest BCUT2D eigenvalue weighted by Crippen LogP contribution is -2.49. The van der Waals surface area contributed by atoms with Gasteiger partial charge in [0.2, 0.25) is 0 Å². The first-order chi connectivity index (χ1) is 7.16. The molecule has 1 aromatic carbocycles. The maximum Gasteiger partial charge on any atom is 0.0453 e. The Morgan fingerprint density at radius 1 is 1.40 bits per heavy atom. The highest BCUT2D eigenvalue weighted by molar-refractivity contribution is 6.31. The fourth-order valence-corrected chi connectivity index (χ4v) is 2.37. The number of nitrogens with two attached hydrogens (primary N) is 1. The van der Waals surface area contributed by atoms with E-state index < -0.39 is 0 Å². The van der Waals surface area contributed by atoms with Crippen LogP contribution in [0.3, 0.4) is 0 Å². The van der Waals surface area contributed by atoms with Crippen molar-refractivity contribution in [3.05, 3.63) is 34.9 Å². The third kappa shape index (κ3) is 2.51. The summed E-state index contributed by atoms with van der Waals surface area (Å²) < 4.78 is 0. The molecular formula is C12H17ClN2. The average molecular weight is 225 g/mol. The van der Waals surface area contributed by atoms with E-state index in [1.54, 1.807) is 0 Å². The van der Waals surface area contributed by atoms with Crippen molar-refractivity contribution in [1.29, 1.82) is 0 Å². The molecule has 0 spiro atoms. The molecule has 0 saturated heterocycles. The zero-order chi connectivity index (χ0) is 10.8. The van der Waals surface area contributed by atoms with E-state index in [1.807, 2.05) is 18.2 Å². The highest BCUT2D eigenvalue weighted by Crippen LogP contribution is 2.26. The van der Waals surface area contributed by atoms with Crippen LogP contribution in [0.1, 0.15) is 31.4 Å². The van der Waals surface area contributed by atoms with Crippen molar-refractivity contribution in [3.63, 3.8) is 0 Å². The van der Waals surface area contributed by atoms with E-state index in [-0.39, 0.29) is 0 Å². The van der Waals surface area contributed by atoms with Crippen molar-refractivity contribution < 1.29 is 0 Å². The van der Waals surface area contributed by atoms with Gasteiger partial charge in [0.05, 0.1) is 0 Å². The largest absolute Gasteiger partial charge is 0.328 e. The molecule has 1 aliphatic carbocycles. The SMILES string of the molecule is C[C@H](NC1CC(N)C1)c1ccccc1Cl. The summed E-state index contributed by atoms with van der Waals surface area (Å²) in [6, 6.07) is 9.23. The number of nitrogens with one attached hydrogen (secondary N) is 1. The summed E-state index contributed by atoms with van der Waals surface area (Å²) in [7, 11) is 0. The summed E-state index contributed by atoms with van der Waals surface area (Å²) >= 11 is 6.13. The predicted octanol–water partition coefficient (Wildman–Crippen LogP) is 2.48. The van der Waals surface area contributed by atoms with Gasteiger partial charge in [-0.2, -0.15) is 0 Å². The van der Waals surface area contributed by atoms with E-state index >= 15 is 0 Å². The first kappa shape index (κ1) is 10.9.